The average molecular weight is 326 g/mol. The van der Waals surface area contributed by atoms with E-state index in [-0.39, 0.29) is 33.8 Å². The number of nitrogens with one attached hydrogen (secondary N) is 1. The zero-order chi connectivity index (χ0) is 14.6. The van der Waals surface area contributed by atoms with Gasteiger partial charge in [-0.05, 0) is 18.1 Å². The molecule has 0 aliphatic carbocycles. The van der Waals surface area contributed by atoms with Crippen LogP contribution in [0.4, 0.5) is 0 Å². The van der Waals surface area contributed by atoms with Gasteiger partial charge in [-0.25, -0.2) is 13.1 Å². The molecule has 2 N–H and O–H groups in total. The normalized spacial score (nSPS) is 13.2. The lowest BCUT2D eigenvalue weighted by Crippen LogP contribution is -2.29. The van der Waals surface area contributed by atoms with Gasteiger partial charge >= 0.3 is 5.97 Å². The van der Waals surface area contributed by atoms with E-state index in [2.05, 4.69) is 4.72 Å². The van der Waals surface area contributed by atoms with Gasteiger partial charge in [-0.2, -0.15) is 0 Å². The first-order valence-corrected chi connectivity index (χ1v) is 7.63. The zero-order valence-electron chi connectivity index (χ0n) is 10.1. The Morgan fingerprint density at radius 2 is 2.05 bits per heavy atom. The molecule has 19 heavy (non-hydrogen) atoms. The molecule has 0 radical (unpaired) electrons. The highest BCUT2D eigenvalue weighted by atomic mass is 35.5. The Balaban J connectivity index is 2.82. The van der Waals surface area contributed by atoms with Crippen molar-refractivity contribution < 1.29 is 18.3 Å². The molecule has 0 heterocycles. The van der Waals surface area contributed by atoms with Crippen molar-refractivity contribution in [3.05, 3.63) is 28.2 Å². The van der Waals surface area contributed by atoms with Gasteiger partial charge in [-0.3, -0.25) is 4.79 Å². The molecule has 0 bridgehead atoms. The maximum atomic E-state index is 12.0. The molecule has 0 saturated carbocycles. The second-order valence-corrected chi connectivity index (χ2v) is 6.63. The molecule has 1 atom stereocenters. The Morgan fingerprint density at radius 3 is 2.63 bits per heavy atom. The lowest BCUT2D eigenvalue weighted by atomic mass is 10.1. The molecule has 5 nitrogen and oxygen atoms in total. The monoisotopic (exact) mass is 325 g/mol. The van der Waals surface area contributed by atoms with Gasteiger partial charge in [0, 0.05) is 13.0 Å². The van der Waals surface area contributed by atoms with E-state index >= 15 is 0 Å². The van der Waals surface area contributed by atoms with Crippen LogP contribution in [0.25, 0.3) is 0 Å². The average Bonchev–Trinajstić information content (AvgIpc) is 2.29. The lowest BCUT2D eigenvalue weighted by molar-refractivity contribution is -0.137. The summed E-state index contributed by atoms with van der Waals surface area (Å²) in [6, 6.07) is 4.29. The maximum Gasteiger partial charge on any atom is 0.303 e. The van der Waals surface area contributed by atoms with E-state index in [0.29, 0.717) is 0 Å². The molecule has 106 valence electrons. The van der Waals surface area contributed by atoms with Crippen molar-refractivity contribution in [2.24, 2.45) is 5.92 Å². The molecule has 0 aliphatic rings. The number of hydrogen-bond acceptors (Lipinski definition) is 3. The Labute approximate surface area is 121 Å². The van der Waals surface area contributed by atoms with Crippen LogP contribution in [0.1, 0.15) is 13.3 Å². The Kier molecular flexibility index (Phi) is 5.61. The molecule has 0 fully saturated rings. The van der Waals surface area contributed by atoms with Crippen molar-refractivity contribution in [1.82, 2.24) is 4.72 Å². The smallest absolute Gasteiger partial charge is 0.303 e. The predicted molar refractivity (Wildman–Crippen MR) is 73.1 cm³/mol. The van der Waals surface area contributed by atoms with Crippen molar-refractivity contribution in [2.75, 3.05) is 6.54 Å². The Hall–Kier alpha value is -0.820. The zero-order valence-corrected chi connectivity index (χ0v) is 12.4. The quantitative estimate of drug-likeness (QED) is 0.841. The molecule has 8 heteroatoms. The molecule has 1 aromatic carbocycles. The Morgan fingerprint density at radius 1 is 1.42 bits per heavy atom. The number of halogens is 2. The van der Waals surface area contributed by atoms with Crippen LogP contribution in [0.3, 0.4) is 0 Å². The second kappa shape index (κ2) is 6.56. The third-order valence-electron chi connectivity index (χ3n) is 2.35. The van der Waals surface area contributed by atoms with Crippen molar-refractivity contribution >= 4 is 39.2 Å². The van der Waals surface area contributed by atoms with E-state index in [1.54, 1.807) is 6.92 Å². The first-order chi connectivity index (χ1) is 8.74. The molecule has 0 aromatic heterocycles. The number of hydrogen-bond donors (Lipinski definition) is 2. The summed E-state index contributed by atoms with van der Waals surface area (Å²) in [5.41, 5.74) is 0. The van der Waals surface area contributed by atoms with Gasteiger partial charge in [-0.15, -0.1) is 0 Å². The number of rotatable bonds is 6. The number of aliphatic carboxylic acids is 1. The van der Waals surface area contributed by atoms with E-state index in [4.69, 9.17) is 28.3 Å². The molecule has 0 spiro atoms. The highest BCUT2D eigenvalue weighted by Gasteiger charge is 2.20. The molecular formula is C11H13Cl2NO4S. The first-order valence-electron chi connectivity index (χ1n) is 5.39. The third kappa shape index (κ3) is 4.65. The van der Waals surface area contributed by atoms with E-state index in [0.717, 1.165) is 0 Å². The molecule has 0 saturated heterocycles. The fraction of sp³-hybridized carbons (Fsp3) is 0.364. The highest BCUT2D eigenvalue weighted by molar-refractivity contribution is 7.89. The number of benzene rings is 1. The molecular weight excluding hydrogens is 313 g/mol. The summed E-state index contributed by atoms with van der Waals surface area (Å²) in [7, 11) is -3.80. The van der Waals surface area contributed by atoms with Crippen LogP contribution in [0, 0.1) is 5.92 Å². The van der Waals surface area contributed by atoms with E-state index < -0.39 is 16.0 Å². The fourth-order valence-corrected chi connectivity index (χ4v) is 3.32. The van der Waals surface area contributed by atoms with Crippen molar-refractivity contribution in [2.45, 2.75) is 18.2 Å². The van der Waals surface area contributed by atoms with E-state index in [1.807, 2.05) is 0 Å². The molecule has 1 unspecified atom stereocenters. The van der Waals surface area contributed by atoms with E-state index in [9.17, 15) is 13.2 Å². The van der Waals surface area contributed by atoms with Crippen LogP contribution in [0.5, 0.6) is 0 Å². The number of sulfonamides is 1. The number of carboxylic acid groups (broad SMARTS) is 1. The lowest BCUT2D eigenvalue weighted by Gasteiger charge is -2.12. The minimum atomic E-state index is -3.80. The minimum Gasteiger partial charge on any atom is -0.481 e. The van der Waals surface area contributed by atoms with Crippen LogP contribution in [0.15, 0.2) is 23.1 Å². The van der Waals surface area contributed by atoms with E-state index in [1.165, 1.54) is 18.2 Å². The summed E-state index contributed by atoms with van der Waals surface area (Å²) < 4.78 is 26.3. The van der Waals surface area contributed by atoms with Gasteiger partial charge < -0.3 is 5.11 Å². The van der Waals surface area contributed by atoms with Crippen LogP contribution < -0.4 is 4.72 Å². The molecule has 1 aromatic rings. The van der Waals surface area contributed by atoms with Crippen molar-refractivity contribution in [3.8, 4) is 0 Å². The summed E-state index contributed by atoms with van der Waals surface area (Å²) >= 11 is 11.6. The summed E-state index contributed by atoms with van der Waals surface area (Å²) in [6.07, 6.45) is -0.119. The fourth-order valence-electron chi connectivity index (χ4n) is 1.39. The highest BCUT2D eigenvalue weighted by Crippen LogP contribution is 2.28. The molecule has 0 aliphatic heterocycles. The third-order valence-corrected chi connectivity index (χ3v) is 4.75. The van der Waals surface area contributed by atoms with Crippen LogP contribution in [0.2, 0.25) is 10.0 Å². The second-order valence-electron chi connectivity index (χ2n) is 4.11. The first kappa shape index (κ1) is 16.2. The van der Waals surface area contributed by atoms with Gasteiger partial charge in [0.1, 0.15) is 4.90 Å². The van der Waals surface area contributed by atoms with Gasteiger partial charge in [0.05, 0.1) is 10.0 Å². The number of carboxylic acids is 1. The van der Waals surface area contributed by atoms with Crippen molar-refractivity contribution in [1.29, 1.82) is 0 Å². The van der Waals surface area contributed by atoms with Gasteiger partial charge in [-0.1, -0.05) is 36.2 Å². The summed E-state index contributed by atoms with van der Waals surface area (Å²) in [4.78, 5) is 10.4. The van der Waals surface area contributed by atoms with Crippen molar-refractivity contribution in [3.63, 3.8) is 0 Å². The summed E-state index contributed by atoms with van der Waals surface area (Å²) in [5, 5.41) is 8.68. The Bertz CT molecular complexity index is 574. The van der Waals surface area contributed by atoms with Crippen LogP contribution in [-0.4, -0.2) is 26.0 Å². The van der Waals surface area contributed by atoms with Crippen LogP contribution in [-0.2, 0) is 14.8 Å². The van der Waals surface area contributed by atoms with Crippen LogP contribution >= 0.6 is 23.2 Å². The van der Waals surface area contributed by atoms with Gasteiger partial charge in [0.25, 0.3) is 0 Å². The standard InChI is InChI=1S/C11H13Cl2NO4S/c1-7(5-10(15)16)6-14-19(17,18)9-4-2-3-8(12)11(9)13/h2-4,7,14H,5-6H2,1H3,(H,15,16). The summed E-state index contributed by atoms with van der Waals surface area (Å²) in [6.45, 7) is 1.65. The van der Waals surface area contributed by atoms with Gasteiger partial charge in [0.15, 0.2) is 0 Å². The minimum absolute atomic E-state index is 0.0114. The maximum absolute atomic E-state index is 12.0. The molecule has 1 rings (SSSR count). The topological polar surface area (TPSA) is 83.5 Å². The number of carbonyl (C=O) groups is 1. The molecule has 0 amide bonds. The summed E-state index contributed by atoms with van der Waals surface area (Å²) in [5.74, 6) is -1.31. The predicted octanol–water partition coefficient (Wildman–Crippen LogP) is 2.38. The SMILES string of the molecule is CC(CNS(=O)(=O)c1cccc(Cl)c1Cl)CC(=O)O. The van der Waals surface area contributed by atoms with Gasteiger partial charge in [0.2, 0.25) is 10.0 Å². The largest absolute Gasteiger partial charge is 0.481 e.